The number of nitrogens with zero attached hydrogens (tertiary/aromatic N) is 1. The Bertz CT molecular complexity index is 1180. The average Bonchev–Trinajstić information content (AvgIpc) is 3.08. The molecule has 4 rings (SSSR count). The summed E-state index contributed by atoms with van der Waals surface area (Å²) in [7, 11) is -3.82. The molecule has 0 saturated heterocycles. The van der Waals surface area contributed by atoms with E-state index in [-0.39, 0.29) is 16.0 Å². The highest BCUT2D eigenvalue weighted by molar-refractivity contribution is 7.89. The monoisotopic (exact) mass is 432 g/mol. The molecule has 3 aromatic rings. The number of fused-ring (bicyclic) bond motifs is 1. The first-order valence-corrected chi connectivity index (χ1v) is 11.4. The second-order valence-corrected chi connectivity index (χ2v) is 9.40. The molecule has 1 heterocycles. The third-order valence-corrected chi connectivity index (χ3v) is 7.35. The predicted molar refractivity (Wildman–Crippen MR) is 113 cm³/mol. The summed E-state index contributed by atoms with van der Waals surface area (Å²) in [5.74, 6) is 0. The number of benzene rings is 2. The summed E-state index contributed by atoms with van der Waals surface area (Å²) >= 11 is 6.22. The zero-order valence-electron chi connectivity index (χ0n) is 15.6. The summed E-state index contributed by atoms with van der Waals surface area (Å²) in [6.07, 6.45) is 3.60. The first-order valence-electron chi connectivity index (χ1n) is 9.53. The van der Waals surface area contributed by atoms with E-state index < -0.39 is 16.1 Å². The number of rotatable bonds is 4. The number of nitrogens with one attached hydrogen (secondary N) is 1. The molecule has 152 valence electrons. The van der Waals surface area contributed by atoms with Crippen molar-refractivity contribution in [2.45, 2.75) is 43.0 Å². The Morgan fingerprint density at radius 3 is 2.52 bits per heavy atom. The lowest BCUT2D eigenvalue weighted by Gasteiger charge is -2.23. The molecule has 6 nitrogen and oxygen atoms in total. The fourth-order valence-electron chi connectivity index (χ4n) is 3.95. The van der Waals surface area contributed by atoms with E-state index in [1.165, 1.54) is 12.1 Å². The number of halogens is 1. The van der Waals surface area contributed by atoms with Crippen molar-refractivity contribution >= 4 is 38.6 Å². The van der Waals surface area contributed by atoms with E-state index in [4.69, 9.17) is 11.6 Å². The smallest absolute Gasteiger partial charge is 0.416 e. The Labute approximate surface area is 174 Å². The van der Waals surface area contributed by atoms with Gasteiger partial charge in [0.15, 0.2) is 0 Å². The van der Waals surface area contributed by atoms with Crippen molar-refractivity contribution in [1.82, 2.24) is 9.29 Å². The quantitative estimate of drug-likeness (QED) is 0.600. The Morgan fingerprint density at radius 2 is 1.79 bits per heavy atom. The molecule has 1 aromatic heterocycles. The van der Waals surface area contributed by atoms with Gasteiger partial charge in [-0.25, -0.2) is 22.5 Å². The largest absolute Gasteiger partial charge is 0.464 e. The number of para-hydroxylation sites is 1. The van der Waals surface area contributed by atoms with Gasteiger partial charge in [0.1, 0.15) is 4.90 Å². The Hall–Kier alpha value is -2.35. The second-order valence-electron chi connectivity index (χ2n) is 7.31. The van der Waals surface area contributed by atoms with Crippen molar-refractivity contribution in [1.29, 1.82) is 0 Å². The standard InChI is InChI=1S/C21H21ClN2O4S/c22-17-11-10-15(13-20(17)29(27,28)23-16-7-2-1-3-8-16)19-12-14-6-4-5-9-18(14)24(19)21(25)26/h4-6,9-13,16,23H,1-3,7-8H2,(H,25,26). The lowest BCUT2D eigenvalue weighted by atomic mass is 9.96. The summed E-state index contributed by atoms with van der Waals surface area (Å²) in [4.78, 5) is 11.9. The summed E-state index contributed by atoms with van der Waals surface area (Å²) in [5.41, 5.74) is 1.40. The van der Waals surface area contributed by atoms with Gasteiger partial charge < -0.3 is 5.11 Å². The second kappa shape index (κ2) is 7.82. The minimum absolute atomic E-state index is 0.0376. The normalized spacial score (nSPS) is 15.6. The lowest BCUT2D eigenvalue weighted by molar-refractivity contribution is 0.198. The molecule has 1 aliphatic rings. The zero-order valence-corrected chi connectivity index (χ0v) is 17.2. The lowest BCUT2D eigenvalue weighted by Crippen LogP contribution is -2.36. The molecule has 1 aliphatic carbocycles. The van der Waals surface area contributed by atoms with Crippen molar-refractivity contribution in [3.63, 3.8) is 0 Å². The van der Waals surface area contributed by atoms with Gasteiger partial charge in [0.25, 0.3) is 0 Å². The van der Waals surface area contributed by atoms with Gasteiger partial charge in [0.05, 0.1) is 16.2 Å². The molecule has 1 saturated carbocycles. The van der Waals surface area contributed by atoms with Crippen LogP contribution in [0.1, 0.15) is 32.1 Å². The average molecular weight is 433 g/mol. The molecular formula is C21H21ClN2O4S. The van der Waals surface area contributed by atoms with Gasteiger partial charge in [0.2, 0.25) is 10.0 Å². The predicted octanol–water partition coefficient (Wildman–Crippen LogP) is 5.10. The minimum Gasteiger partial charge on any atom is -0.464 e. The van der Waals surface area contributed by atoms with Crippen LogP contribution < -0.4 is 4.72 Å². The highest BCUT2D eigenvalue weighted by atomic mass is 35.5. The van der Waals surface area contributed by atoms with Crippen LogP contribution in [-0.2, 0) is 10.0 Å². The van der Waals surface area contributed by atoms with Crippen LogP contribution in [0.5, 0.6) is 0 Å². The van der Waals surface area contributed by atoms with E-state index in [1.54, 1.807) is 24.3 Å². The molecule has 29 heavy (non-hydrogen) atoms. The minimum atomic E-state index is -3.82. The van der Waals surface area contributed by atoms with Crippen LogP contribution in [0.15, 0.2) is 53.4 Å². The highest BCUT2D eigenvalue weighted by Gasteiger charge is 2.25. The molecule has 0 spiro atoms. The van der Waals surface area contributed by atoms with Crippen molar-refractivity contribution in [3.8, 4) is 11.3 Å². The van der Waals surface area contributed by atoms with Crippen LogP contribution in [0.2, 0.25) is 5.02 Å². The topological polar surface area (TPSA) is 88.4 Å². The number of hydrogen-bond acceptors (Lipinski definition) is 3. The van der Waals surface area contributed by atoms with Crippen LogP contribution in [0.3, 0.4) is 0 Å². The number of hydrogen-bond donors (Lipinski definition) is 2. The summed E-state index contributed by atoms with van der Waals surface area (Å²) < 4.78 is 29.9. The molecule has 0 radical (unpaired) electrons. The van der Waals surface area contributed by atoms with Gasteiger partial charge in [-0.3, -0.25) is 0 Å². The van der Waals surface area contributed by atoms with E-state index in [0.29, 0.717) is 16.8 Å². The number of carbonyl (C=O) groups is 1. The van der Waals surface area contributed by atoms with Gasteiger partial charge in [-0.2, -0.15) is 0 Å². The zero-order chi connectivity index (χ0) is 20.6. The fraction of sp³-hybridized carbons (Fsp3) is 0.286. The molecule has 2 N–H and O–H groups in total. The molecular weight excluding hydrogens is 412 g/mol. The van der Waals surface area contributed by atoms with Crippen LogP contribution in [0.25, 0.3) is 22.2 Å². The third kappa shape index (κ3) is 3.90. The maximum atomic E-state index is 13.0. The number of sulfonamides is 1. The van der Waals surface area contributed by atoms with Crippen LogP contribution in [0, 0.1) is 0 Å². The summed E-state index contributed by atoms with van der Waals surface area (Å²) in [6, 6.07) is 13.3. The summed E-state index contributed by atoms with van der Waals surface area (Å²) in [6.45, 7) is 0. The highest BCUT2D eigenvalue weighted by Crippen LogP contribution is 2.32. The molecule has 0 aliphatic heterocycles. The molecule has 8 heteroatoms. The maximum Gasteiger partial charge on any atom is 0.416 e. The van der Waals surface area contributed by atoms with E-state index in [2.05, 4.69) is 4.72 Å². The molecule has 1 fully saturated rings. The van der Waals surface area contributed by atoms with Crippen LogP contribution >= 0.6 is 11.6 Å². The Balaban J connectivity index is 1.79. The van der Waals surface area contributed by atoms with E-state index in [9.17, 15) is 18.3 Å². The number of carboxylic acid groups (broad SMARTS) is 1. The molecule has 0 bridgehead atoms. The molecule has 0 amide bonds. The molecule has 2 aromatic carbocycles. The van der Waals surface area contributed by atoms with Gasteiger partial charge >= 0.3 is 6.09 Å². The SMILES string of the molecule is O=C(O)n1c(-c2ccc(Cl)c(S(=O)(=O)NC3CCCCC3)c2)cc2ccccc21. The van der Waals surface area contributed by atoms with Crippen molar-refractivity contribution in [2.75, 3.05) is 0 Å². The number of aromatic nitrogens is 1. The first-order chi connectivity index (χ1) is 13.9. The van der Waals surface area contributed by atoms with E-state index >= 15 is 0 Å². The van der Waals surface area contributed by atoms with Gasteiger partial charge in [-0.1, -0.05) is 55.1 Å². The van der Waals surface area contributed by atoms with Gasteiger partial charge in [-0.15, -0.1) is 0 Å². The van der Waals surface area contributed by atoms with E-state index in [1.807, 2.05) is 12.1 Å². The Kier molecular flexibility index (Phi) is 5.38. The fourth-order valence-corrected chi connectivity index (χ4v) is 5.78. The van der Waals surface area contributed by atoms with Gasteiger partial charge in [0, 0.05) is 17.0 Å². The maximum absolute atomic E-state index is 13.0. The van der Waals surface area contributed by atoms with Crippen LogP contribution in [0.4, 0.5) is 4.79 Å². The molecule has 0 atom stereocenters. The van der Waals surface area contributed by atoms with Crippen molar-refractivity contribution in [3.05, 3.63) is 53.6 Å². The van der Waals surface area contributed by atoms with Gasteiger partial charge in [-0.05, 0) is 37.1 Å². The summed E-state index contributed by atoms with van der Waals surface area (Å²) in [5, 5.41) is 10.6. The van der Waals surface area contributed by atoms with Crippen molar-refractivity contribution < 1.29 is 18.3 Å². The van der Waals surface area contributed by atoms with Crippen molar-refractivity contribution in [2.24, 2.45) is 0 Å². The first kappa shape index (κ1) is 19.9. The van der Waals surface area contributed by atoms with E-state index in [0.717, 1.165) is 42.1 Å². The molecule has 0 unspecified atom stereocenters. The third-order valence-electron chi connectivity index (χ3n) is 5.35. The van der Waals surface area contributed by atoms with Crippen LogP contribution in [-0.4, -0.2) is 30.2 Å². The Morgan fingerprint density at radius 1 is 1.07 bits per heavy atom.